The minimum Gasteiger partial charge on any atom is -0.314 e. The zero-order valence-electron chi connectivity index (χ0n) is 11.0. The molecule has 1 saturated heterocycles. The first-order valence-electron chi connectivity index (χ1n) is 6.73. The Bertz CT molecular complexity index is 430. The molecule has 2 rings (SSSR count). The fourth-order valence-corrected chi connectivity index (χ4v) is 3.20. The van der Waals surface area contributed by atoms with Gasteiger partial charge in [0.1, 0.15) is 0 Å². The van der Waals surface area contributed by atoms with Gasteiger partial charge in [0.25, 0.3) is 0 Å². The molecular weight excluding hydrogens is 324 g/mol. The quantitative estimate of drug-likeness (QED) is 0.813. The molecule has 1 aliphatic heterocycles. The van der Waals surface area contributed by atoms with Crippen LogP contribution in [0.25, 0.3) is 0 Å². The predicted molar refractivity (Wildman–Crippen MR) is 85.8 cm³/mol. The minimum atomic E-state index is 0.380. The van der Waals surface area contributed by atoms with Gasteiger partial charge in [0.05, 0.1) is 0 Å². The van der Waals surface area contributed by atoms with E-state index in [4.69, 9.17) is 11.6 Å². The zero-order chi connectivity index (χ0) is 13.7. The van der Waals surface area contributed by atoms with E-state index in [1.165, 1.54) is 5.56 Å². The van der Waals surface area contributed by atoms with Gasteiger partial charge in [-0.3, -0.25) is 4.90 Å². The summed E-state index contributed by atoms with van der Waals surface area (Å²) in [5, 5.41) is 4.26. The number of halogens is 2. The Balaban J connectivity index is 2.24. The number of hydrogen-bond acceptors (Lipinski definition) is 2. The molecule has 1 N–H and O–H groups in total. The fourth-order valence-electron chi connectivity index (χ4n) is 2.57. The molecular formula is C15H20BrClN2. The highest BCUT2D eigenvalue weighted by molar-refractivity contribution is 9.10. The van der Waals surface area contributed by atoms with Crippen LogP contribution in [0.4, 0.5) is 0 Å². The molecule has 1 aromatic carbocycles. The van der Waals surface area contributed by atoms with Gasteiger partial charge in [-0.2, -0.15) is 0 Å². The number of nitrogens with one attached hydrogen (secondary N) is 1. The molecule has 0 spiro atoms. The molecule has 1 atom stereocenters. The molecule has 1 fully saturated rings. The third-order valence-corrected chi connectivity index (χ3v) is 4.39. The third kappa shape index (κ3) is 4.06. The first-order valence-corrected chi connectivity index (χ1v) is 7.90. The Morgan fingerprint density at radius 3 is 2.84 bits per heavy atom. The Labute approximate surface area is 129 Å². The minimum absolute atomic E-state index is 0.380. The Morgan fingerprint density at radius 2 is 2.16 bits per heavy atom. The van der Waals surface area contributed by atoms with Crippen LogP contribution in [0.3, 0.4) is 0 Å². The Hall–Kier alpha value is -0.350. The van der Waals surface area contributed by atoms with Crippen molar-refractivity contribution in [1.82, 2.24) is 10.2 Å². The number of nitrogens with zero attached hydrogens (tertiary/aromatic N) is 1. The normalized spacial score (nSPS) is 18.2. The van der Waals surface area contributed by atoms with Crippen LogP contribution >= 0.6 is 27.5 Å². The van der Waals surface area contributed by atoms with E-state index in [9.17, 15) is 0 Å². The van der Waals surface area contributed by atoms with E-state index in [2.05, 4.69) is 38.8 Å². The van der Waals surface area contributed by atoms with Crippen molar-refractivity contribution in [3.8, 4) is 0 Å². The summed E-state index contributed by atoms with van der Waals surface area (Å²) in [7, 11) is 0. The maximum atomic E-state index is 6.40. The van der Waals surface area contributed by atoms with Crippen molar-refractivity contribution < 1.29 is 0 Å². The van der Waals surface area contributed by atoms with Crippen LogP contribution in [-0.4, -0.2) is 31.1 Å². The lowest BCUT2D eigenvalue weighted by molar-refractivity contribution is 0.166. The number of allylic oxidation sites excluding steroid dienone is 1. The van der Waals surface area contributed by atoms with Gasteiger partial charge in [0, 0.05) is 41.7 Å². The molecule has 0 saturated carbocycles. The lowest BCUT2D eigenvalue weighted by atomic mass is 9.99. The summed E-state index contributed by atoms with van der Waals surface area (Å²) >= 11 is 9.95. The second-order valence-corrected chi connectivity index (χ2v) is 6.16. The molecule has 0 aliphatic carbocycles. The number of rotatable bonds is 5. The maximum Gasteiger partial charge on any atom is 0.0454 e. The largest absolute Gasteiger partial charge is 0.314 e. The molecule has 0 unspecified atom stereocenters. The van der Waals surface area contributed by atoms with Crippen LogP contribution in [0.2, 0.25) is 5.02 Å². The van der Waals surface area contributed by atoms with Crippen molar-refractivity contribution in [2.24, 2.45) is 0 Å². The van der Waals surface area contributed by atoms with Gasteiger partial charge in [-0.25, -0.2) is 0 Å². The monoisotopic (exact) mass is 342 g/mol. The average Bonchev–Trinajstić information content (AvgIpc) is 2.44. The van der Waals surface area contributed by atoms with Crippen LogP contribution < -0.4 is 5.32 Å². The smallest absolute Gasteiger partial charge is 0.0454 e. The molecule has 1 aromatic rings. The fraction of sp³-hybridized carbons (Fsp3) is 0.467. The van der Waals surface area contributed by atoms with E-state index in [1.54, 1.807) is 0 Å². The second kappa shape index (κ2) is 7.44. The lowest BCUT2D eigenvalue weighted by Crippen LogP contribution is -2.45. The van der Waals surface area contributed by atoms with Crippen molar-refractivity contribution in [2.75, 3.05) is 26.2 Å². The van der Waals surface area contributed by atoms with E-state index >= 15 is 0 Å². The van der Waals surface area contributed by atoms with E-state index in [-0.39, 0.29) is 0 Å². The first-order chi connectivity index (χ1) is 9.22. The van der Waals surface area contributed by atoms with Gasteiger partial charge in [0.15, 0.2) is 0 Å². The number of benzene rings is 1. The summed E-state index contributed by atoms with van der Waals surface area (Å²) in [5.74, 6) is 0. The van der Waals surface area contributed by atoms with Crippen molar-refractivity contribution >= 4 is 27.5 Å². The maximum absolute atomic E-state index is 6.40. The predicted octanol–water partition coefficient (Wildman–Crippen LogP) is 4.02. The highest BCUT2D eigenvalue weighted by atomic mass is 79.9. The van der Waals surface area contributed by atoms with Crippen LogP contribution in [0.5, 0.6) is 0 Å². The van der Waals surface area contributed by atoms with E-state index in [1.807, 2.05) is 18.2 Å². The molecule has 1 heterocycles. The van der Waals surface area contributed by atoms with Crippen LogP contribution in [0.15, 0.2) is 35.3 Å². The molecule has 4 heteroatoms. The van der Waals surface area contributed by atoms with Crippen molar-refractivity contribution in [1.29, 1.82) is 0 Å². The van der Waals surface area contributed by atoms with Crippen molar-refractivity contribution in [2.45, 2.75) is 18.9 Å². The number of hydrogen-bond donors (Lipinski definition) is 1. The van der Waals surface area contributed by atoms with Gasteiger partial charge in [-0.1, -0.05) is 33.6 Å². The van der Waals surface area contributed by atoms with Gasteiger partial charge >= 0.3 is 0 Å². The van der Waals surface area contributed by atoms with Crippen LogP contribution in [-0.2, 0) is 0 Å². The third-order valence-electron chi connectivity index (χ3n) is 3.55. The molecule has 0 aromatic heterocycles. The summed E-state index contributed by atoms with van der Waals surface area (Å²) in [5.41, 5.74) is 1.22. The van der Waals surface area contributed by atoms with E-state index in [0.717, 1.165) is 48.5 Å². The molecule has 0 bridgehead atoms. The summed E-state index contributed by atoms with van der Waals surface area (Å²) in [6.07, 6.45) is 4.07. The molecule has 2 nitrogen and oxygen atoms in total. The van der Waals surface area contributed by atoms with Gasteiger partial charge in [-0.15, -0.1) is 6.58 Å². The topological polar surface area (TPSA) is 15.3 Å². The van der Waals surface area contributed by atoms with Crippen LogP contribution in [0, 0.1) is 0 Å². The molecule has 0 radical (unpaired) electrons. The molecule has 0 amide bonds. The molecule has 19 heavy (non-hydrogen) atoms. The average molecular weight is 344 g/mol. The summed E-state index contributed by atoms with van der Waals surface area (Å²) in [6, 6.07) is 6.50. The molecule has 1 aliphatic rings. The first kappa shape index (κ1) is 15.0. The second-order valence-electron chi connectivity index (χ2n) is 4.83. The molecule has 104 valence electrons. The van der Waals surface area contributed by atoms with E-state index in [0.29, 0.717) is 6.04 Å². The Morgan fingerprint density at radius 1 is 1.42 bits per heavy atom. The van der Waals surface area contributed by atoms with Gasteiger partial charge < -0.3 is 5.32 Å². The summed E-state index contributed by atoms with van der Waals surface area (Å²) < 4.78 is 1.09. The van der Waals surface area contributed by atoms with Gasteiger partial charge in [-0.05, 0) is 36.6 Å². The standard InChI is InChI=1S/C15H20BrClN2/c1-2-3-4-15(19-9-7-18-8-10-19)13-11-12(16)5-6-14(13)17/h2,5-6,11,15,18H,1,3-4,7-10H2/t15-/m0/s1. The van der Waals surface area contributed by atoms with Gasteiger partial charge in [0.2, 0.25) is 0 Å². The van der Waals surface area contributed by atoms with Crippen molar-refractivity contribution in [3.05, 3.63) is 45.9 Å². The van der Waals surface area contributed by atoms with E-state index < -0.39 is 0 Å². The zero-order valence-corrected chi connectivity index (χ0v) is 13.4. The summed E-state index contributed by atoms with van der Waals surface area (Å²) in [6.45, 7) is 8.09. The Kier molecular flexibility index (Phi) is 5.89. The summed E-state index contributed by atoms with van der Waals surface area (Å²) in [4.78, 5) is 2.52. The van der Waals surface area contributed by atoms with Crippen molar-refractivity contribution in [3.63, 3.8) is 0 Å². The number of piperazine rings is 1. The highest BCUT2D eigenvalue weighted by Gasteiger charge is 2.23. The highest BCUT2D eigenvalue weighted by Crippen LogP contribution is 2.33. The lowest BCUT2D eigenvalue weighted by Gasteiger charge is -2.35. The van der Waals surface area contributed by atoms with Crippen LogP contribution in [0.1, 0.15) is 24.4 Å². The SMILES string of the molecule is C=CCC[C@@H](c1cc(Br)ccc1Cl)N1CCNCC1.